The second kappa shape index (κ2) is 10.1. The molecule has 156 valence electrons. The van der Waals surface area contributed by atoms with Gasteiger partial charge in [-0.1, -0.05) is 32.6 Å². The van der Waals surface area contributed by atoms with Gasteiger partial charge in [0.05, 0.1) is 5.69 Å². The van der Waals surface area contributed by atoms with Crippen LogP contribution in [0.3, 0.4) is 0 Å². The van der Waals surface area contributed by atoms with Crippen molar-refractivity contribution in [2.24, 2.45) is 4.99 Å². The van der Waals surface area contributed by atoms with Crippen molar-refractivity contribution in [3.05, 3.63) is 66.4 Å². The Labute approximate surface area is 169 Å². The van der Waals surface area contributed by atoms with Crippen molar-refractivity contribution in [2.45, 2.75) is 33.7 Å². The minimum atomic E-state index is -4.71. The number of benzene rings is 2. The van der Waals surface area contributed by atoms with Crippen LogP contribution in [0.4, 0.5) is 24.5 Å². The zero-order chi connectivity index (χ0) is 21.4. The quantitative estimate of drug-likeness (QED) is 0.511. The summed E-state index contributed by atoms with van der Waals surface area (Å²) >= 11 is 0. The molecule has 0 spiro atoms. The van der Waals surface area contributed by atoms with Crippen LogP contribution < -0.4 is 10.1 Å². The molecule has 0 saturated carbocycles. The van der Waals surface area contributed by atoms with Gasteiger partial charge in [-0.2, -0.15) is 0 Å². The highest BCUT2D eigenvalue weighted by atomic mass is 19.4. The molecule has 0 saturated heterocycles. The third kappa shape index (κ3) is 6.94. The average molecular weight is 405 g/mol. The molecule has 0 heterocycles. The van der Waals surface area contributed by atoms with E-state index in [1.165, 1.54) is 29.8 Å². The van der Waals surface area contributed by atoms with Gasteiger partial charge in [0.2, 0.25) is 0 Å². The zero-order valence-corrected chi connectivity index (χ0v) is 16.9. The Bertz CT molecular complexity index is 841. The number of aliphatic imine (C=N–C) groups is 1. The molecule has 4 nitrogen and oxygen atoms in total. The van der Waals surface area contributed by atoms with Crippen molar-refractivity contribution >= 4 is 17.1 Å². The van der Waals surface area contributed by atoms with E-state index in [9.17, 15) is 13.2 Å². The number of alkyl halides is 3. The first-order chi connectivity index (χ1) is 13.8. The topological polar surface area (TPSA) is 36.9 Å². The molecule has 0 aliphatic heterocycles. The normalized spacial score (nSPS) is 12.2. The predicted octanol–water partition coefficient (Wildman–Crippen LogP) is 6.12. The number of hydrogen-bond donors (Lipinski definition) is 1. The maximum Gasteiger partial charge on any atom is 0.573 e. The monoisotopic (exact) mass is 405 g/mol. The molecule has 0 bridgehead atoms. The highest BCUT2D eigenvalue weighted by Crippen LogP contribution is 2.26. The Kier molecular flexibility index (Phi) is 7.84. The van der Waals surface area contributed by atoms with Crippen molar-refractivity contribution in [2.75, 3.05) is 18.4 Å². The molecule has 0 unspecified atom stereocenters. The average Bonchev–Trinajstić information content (AvgIpc) is 2.67. The van der Waals surface area contributed by atoms with Crippen LogP contribution in [0.25, 0.3) is 0 Å². The van der Waals surface area contributed by atoms with Gasteiger partial charge in [0.1, 0.15) is 5.75 Å². The van der Waals surface area contributed by atoms with E-state index in [0.29, 0.717) is 5.69 Å². The van der Waals surface area contributed by atoms with Crippen LogP contribution in [0.15, 0.2) is 60.2 Å². The lowest BCUT2D eigenvalue weighted by Gasteiger charge is -2.19. The van der Waals surface area contributed by atoms with E-state index in [2.05, 4.69) is 52.5 Å². The number of rotatable bonds is 9. The van der Waals surface area contributed by atoms with Gasteiger partial charge in [-0.05, 0) is 62.1 Å². The fraction of sp³-hybridized carbons (Fsp3) is 0.318. The zero-order valence-electron chi connectivity index (χ0n) is 16.9. The molecule has 0 radical (unpaired) electrons. The first-order valence-electron chi connectivity index (χ1n) is 9.40. The van der Waals surface area contributed by atoms with E-state index in [-0.39, 0.29) is 5.75 Å². The summed E-state index contributed by atoms with van der Waals surface area (Å²) in [6.07, 6.45) is -3.10. The summed E-state index contributed by atoms with van der Waals surface area (Å²) in [6, 6.07) is 11.6. The summed E-state index contributed by atoms with van der Waals surface area (Å²) < 4.78 is 40.7. The Morgan fingerprint density at radius 1 is 1.14 bits per heavy atom. The molecule has 0 aliphatic rings. The summed E-state index contributed by atoms with van der Waals surface area (Å²) in [5.41, 5.74) is 4.21. The number of ether oxygens (including phenoxy) is 1. The van der Waals surface area contributed by atoms with Crippen molar-refractivity contribution in [3.8, 4) is 5.75 Å². The van der Waals surface area contributed by atoms with E-state index >= 15 is 0 Å². The van der Waals surface area contributed by atoms with E-state index < -0.39 is 6.36 Å². The first-order valence-corrected chi connectivity index (χ1v) is 9.40. The second-order valence-corrected chi connectivity index (χ2v) is 6.43. The van der Waals surface area contributed by atoms with Crippen LogP contribution in [-0.4, -0.2) is 30.1 Å². The molecule has 1 N–H and O–H groups in total. The lowest BCUT2D eigenvalue weighted by atomic mass is 10.0. The summed E-state index contributed by atoms with van der Waals surface area (Å²) in [4.78, 5) is 6.85. The van der Waals surface area contributed by atoms with Crippen LogP contribution in [-0.2, 0) is 6.54 Å². The molecule has 0 aliphatic carbocycles. The first kappa shape index (κ1) is 22.5. The molecule has 0 aromatic heterocycles. The summed E-state index contributed by atoms with van der Waals surface area (Å²) in [6.45, 7) is 12.6. The molecule has 2 aromatic rings. The number of hydrogen-bond acceptors (Lipinski definition) is 4. The Hall–Kier alpha value is -2.80. The van der Waals surface area contributed by atoms with Gasteiger partial charge in [-0.3, -0.25) is 9.89 Å². The van der Waals surface area contributed by atoms with Crippen molar-refractivity contribution in [1.82, 2.24) is 4.90 Å². The van der Waals surface area contributed by atoms with Crippen molar-refractivity contribution in [1.29, 1.82) is 0 Å². The van der Waals surface area contributed by atoms with Crippen LogP contribution >= 0.6 is 0 Å². The van der Waals surface area contributed by atoms with Crippen molar-refractivity contribution < 1.29 is 17.9 Å². The van der Waals surface area contributed by atoms with Gasteiger partial charge < -0.3 is 10.1 Å². The van der Waals surface area contributed by atoms with Gasteiger partial charge in [0.15, 0.2) is 0 Å². The SMILES string of the molecule is C=CNc1cc(CN(CC)CC)ccc1C(C)=Nc1ccc(OC(F)(F)F)cc1. The highest BCUT2D eigenvalue weighted by Gasteiger charge is 2.30. The minimum Gasteiger partial charge on any atom is -0.406 e. The Balaban J connectivity index is 2.26. The Morgan fingerprint density at radius 2 is 1.79 bits per heavy atom. The maximum atomic E-state index is 12.3. The summed E-state index contributed by atoms with van der Waals surface area (Å²) in [5.74, 6) is -0.274. The molecule has 0 amide bonds. The molecular formula is C22H26F3N3O. The van der Waals surface area contributed by atoms with Gasteiger partial charge >= 0.3 is 6.36 Å². The largest absolute Gasteiger partial charge is 0.573 e. The maximum absolute atomic E-state index is 12.3. The predicted molar refractivity (Wildman–Crippen MR) is 112 cm³/mol. The fourth-order valence-corrected chi connectivity index (χ4v) is 2.92. The summed E-state index contributed by atoms with van der Waals surface area (Å²) in [5, 5.41) is 3.15. The number of nitrogens with zero attached hydrogens (tertiary/aromatic N) is 2. The lowest BCUT2D eigenvalue weighted by Crippen LogP contribution is -2.22. The van der Waals surface area contributed by atoms with E-state index in [4.69, 9.17) is 0 Å². The number of nitrogens with one attached hydrogen (secondary N) is 1. The van der Waals surface area contributed by atoms with Gasteiger partial charge in [-0.25, -0.2) is 0 Å². The van der Waals surface area contributed by atoms with Crippen LogP contribution in [0.5, 0.6) is 5.75 Å². The third-order valence-corrected chi connectivity index (χ3v) is 4.40. The molecular weight excluding hydrogens is 379 g/mol. The lowest BCUT2D eigenvalue weighted by molar-refractivity contribution is -0.274. The smallest absolute Gasteiger partial charge is 0.406 e. The molecule has 29 heavy (non-hydrogen) atoms. The molecule has 7 heteroatoms. The molecule has 2 aromatic carbocycles. The van der Waals surface area contributed by atoms with Gasteiger partial charge in [-0.15, -0.1) is 13.2 Å². The van der Waals surface area contributed by atoms with Crippen LogP contribution in [0.1, 0.15) is 31.9 Å². The third-order valence-electron chi connectivity index (χ3n) is 4.40. The van der Waals surface area contributed by atoms with E-state index in [1.54, 1.807) is 6.20 Å². The standard InChI is InChI=1S/C22H26F3N3O/c1-5-26-21-14-17(15-28(6-2)7-3)8-13-20(21)16(4)27-18-9-11-19(12-10-18)29-22(23,24)25/h5,8-14,26H,1,6-7,15H2,2-4H3. The number of halogens is 3. The molecule has 0 atom stereocenters. The highest BCUT2D eigenvalue weighted by molar-refractivity contribution is 6.05. The van der Waals surface area contributed by atoms with Crippen LogP contribution in [0.2, 0.25) is 0 Å². The Morgan fingerprint density at radius 3 is 2.34 bits per heavy atom. The van der Waals surface area contributed by atoms with Crippen LogP contribution in [0, 0.1) is 0 Å². The van der Waals surface area contributed by atoms with Gasteiger partial charge in [0, 0.05) is 23.5 Å². The second-order valence-electron chi connectivity index (χ2n) is 6.43. The fourth-order valence-electron chi connectivity index (χ4n) is 2.92. The van der Waals surface area contributed by atoms with E-state index in [1.807, 2.05) is 13.0 Å². The molecule has 0 fully saturated rings. The number of anilines is 1. The molecule has 2 rings (SSSR count). The van der Waals surface area contributed by atoms with E-state index in [0.717, 1.165) is 36.6 Å². The minimum absolute atomic E-state index is 0.274. The van der Waals surface area contributed by atoms with Crippen molar-refractivity contribution in [3.63, 3.8) is 0 Å². The summed E-state index contributed by atoms with van der Waals surface area (Å²) in [7, 11) is 0. The van der Waals surface area contributed by atoms with Gasteiger partial charge in [0.25, 0.3) is 0 Å².